The van der Waals surface area contributed by atoms with Gasteiger partial charge in [-0.25, -0.2) is 29.9 Å². The minimum atomic E-state index is -3.14. The highest BCUT2D eigenvalue weighted by Gasteiger charge is 2.30. The van der Waals surface area contributed by atoms with Crippen molar-refractivity contribution in [1.82, 2.24) is 59.8 Å². The van der Waals surface area contributed by atoms with Crippen molar-refractivity contribution in [2.45, 2.75) is 0 Å². The van der Waals surface area contributed by atoms with Crippen LogP contribution in [0.25, 0.3) is 90.8 Å². The lowest BCUT2D eigenvalue weighted by Gasteiger charge is -2.20. The van der Waals surface area contributed by atoms with Crippen LogP contribution in [0.5, 0.6) is 0 Å². The molecule has 0 aliphatic rings. The number of halogens is 11. The molecule has 0 spiro atoms. The maximum Gasteiger partial charge on any atom is 0.227 e. The summed E-state index contributed by atoms with van der Waals surface area (Å²) in [4.78, 5) is 50.6. The first kappa shape index (κ1) is 70.4. The molecule has 0 fully saturated rings. The summed E-state index contributed by atoms with van der Waals surface area (Å²) < 4.78 is 16.9. The predicted octanol–water partition coefficient (Wildman–Crippen LogP) is 21.9. The number of rotatable bonds is 11. The highest BCUT2D eigenvalue weighted by Crippen LogP contribution is 2.43. The number of hydrogen-bond donors (Lipinski definition) is 0. The van der Waals surface area contributed by atoms with E-state index in [-0.39, 0.29) is 26.4 Å². The van der Waals surface area contributed by atoms with E-state index in [1.54, 1.807) is 0 Å². The van der Waals surface area contributed by atoms with Crippen molar-refractivity contribution < 1.29 is 4.57 Å². The summed E-state index contributed by atoms with van der Waals surface area (Å²) in [6.45, 7) is 0. The Hall–Kier alpha value is -7.96. The second-order valence-corrected chi connectivity index (χ2v) is 28.5. The van der Waals surface area contributed by atoms with Crippen molar-refractivity contribution in [2.75, 3.05) is 0 Å². The van der Waals surface area contributed by atoms with Crippen molar-refractivity contribution in [2.24, 2.45) is 0 Å². The molecule has 0 unspecified atom stereocenters. The molecule has 4 aromatic heterocycles. The molecule has 4 heterocycles. The van der Waals surface area contributed by atoms with E-state index in [9.17, 15) is 0 Å². The molecule has 0 aliphatic carbocycles. The highest BCUT2D eigenvalue weighted by atomic mass is 79.9. The van der Waals surface area contributed by atoms with Gasteiger partial charge in [0, 0.05) is 83.9 Å². The summed E-state index contributed by atoms with van der Waals surface area (Å²) in [5.41, 5.74) is 7.61. The molecule has 0 atom stereocenters. The van der Waals surface area contributed by atoms with Crippen LogP contribution >= 0.6 is 143 Å². The Morgan fingerprint density at radius 1 is 0.216 bits per heavy atom. The van der Waals surface area contributed by atoms with Gasteiger partial charge in [0.05, 0.1) is 0 Å². The van der Waals surface area contributed by atoms with Crippen molar-refractivity contribution in [1.29, 1.82) is 0 Å². The third kappa shape index (κ3) is 18.8. The average Bonchev–Trinajstić information content (AvgIpc) is 0.802. The number of hydrogen-bond acceptors (Lipinski definition) is 13. The van der Waals surface area contributed by atoms with E-state index in [2.05, 4.69) is 76.7 Å². The quantitative estimate of drug-likeness (QED) is 0.112. The molecule has 0 bridgehead atoms. The normalized spacial score (nSPS) is 10.9. The van der Waals surface area contributed by atoms with E-state index in [0.29, 0.717) is 60.9 Å². The molecule has 0 saturated carbocycles. The van der Waals surface area contributed by atoms with Gasteiger partial charge in [-0.15, -0.1) is 0 Å². The van der Waals surface area contributed by atoms with Crippen LogP contribution in [0.15, 0.2) is 264 Å². The molecule has 478 valence electrons. The van der Waals surface area contributed by atoms with Crippen LogP contribution in [-0.4, -0.2) is 59.8 Å². The van der Waals surface area contributed by atoms with Crippen LogP contribution in [0.1, 0.15) is 0 Å². The van der Waals surface area contributed by atoms with Gasteiger partial charge < -0.3 is 4.57 Å². The van der Waals surface area contributed by atoms with Gasteiger partial charge in [-0.2, -0.15) is 29.9 Å². The molecule has 14 aromatic rings. The molecule has 14 rings (SSSR count). The Balaban J connectivity index is 0.000000156. The van der Waals surface area contributed by atoms with Gasteiger partial charge in [0.2, 0.25) is 26.4 Å². The Morgan fingerprint density at radius 2 is 0.454 bits per heavy atom. The van der Waals surface area contributed by atoms with E-state index in [4.69, 9.17) is 119 Å². The molecule has 0 amide bonds. The monoisotopic (exact) mass is 1590 g/mol. The van der Waals surface area contributed by atoms with Crippen molar-refractivity contribution >= 4 is 159 Å². The summed E-state index contributed by atoms with van der Waals surface area (Å²) >= 11 is 59.2. The molecular weight excluding hydrogens is 1560 g/mol. The number of aromatic nitrogens is 12. The first-order chi connectivity index (χ1) is 46.9. The fourth-order valence-electron chi connectivity index (χ4n) is 9.49. The molecule has 0 aliphatic heterocycles. The molecule has 25 heteroatoms. The van der Waals surface area contributed by atoms with Gasteiger partial charge in [0.1, 0.15) is 0 Å². The van der Waals surface area contributed by atoms with Crippen molar-refractivity contribution in [3.05, 3.63) is 310 Å². The van der Waals surface area contributed by atoms with Crippen molar-refractivity contribution in [3.63, 3.8) is 0 Å². The van der Waals surface area contributed by atoms with E-state index in [0.717, 1.165) is 74.9 Å². The number of nitrogens with zero attached hydrogens (tertiary/aromatic N) is 12. The Morgan fingerprint density at radius 3 is 0.773 bits per heavy atom. The molecule has 13 nitrogen and oxygen atoms in total. The molecular formula is C72H42Br2Cl9N12OP. The summed E-state index contributed by atoms with van der Waals surface area (Å²) in [6, 6.07) is 80.6. The second kappa shape index (κ2) is 33.1. The Bertz CT molecular complexity index is 4860. The fourth-order valence-corrected chi connectivity index (χ4v) is 14.7. The largest absolute Gasteiger partial charge is 0.309 e. The number of benzene rings is 10. The zero-order valence-corrected chi connectivity index (χ0v) is 60.5. The molecule has 0 saturated heterocycles. The molecule has 0 N–H and O–H groups in total. The van der Waals surface area contributed by atoms with Crippen LogP contribution < -0.4 is 15.9 Å². The highest BCUT2D eigenvalue weighted by molar-refractivity contribution is 9.10. The van der Waals surface area contributed by atoms with Crippen LogP contribution in [0.4, 0.5) is 0 Å². The Kier molecular flexibility index (Phi) is 24.0. The van der Waals surface area contributed by atoms with Gasteiger partial charge in [0.15, 0.2) is 47.9 Å². The summed E-state index contributed by atoms with van der Waals surface area (Å²) in [5.74, 6) is 3.66. The topological polar surface area (TPSA) is 172 Å². The lowest BCUT2D eigenvalue weighted by Crippen LogP contribution is -2.25. The maximum absolute atomic E-state index is 15.0. The van der Waals surface area contributed by atoms with Crippen LogP contribution in [0.3, 0.4) is 0 Å². The SMILES string of the molecule is Clc1cccc(-c2nc(-c3cccc(Cl)c3)nc(-c3cccc(Br)c3)n2)c1.Clc1nc(Cl)nc(-c2cccc(Br)c2)n1.Clc1nc(Cl)nc(Cl)n1.O=P(c1ccccc1)(c1ccccc1)c1cccc(-c2cccc(-c3nc(-c4cccc(Cl)c4)nc(-c4cccc(Cl)c4)n3)c2)c1. The minimum absolute atomic E-state index is 0.000000000000000444. The van der Waals surface area contributed by atoms with Crippen LogP contribution in [0, 0.1) is 0 Å². The van der Waals surface area contributed by atoms with E-state index in [1.807, 2.05) is 255 Å². The predicted molar refractivity (Wildman–Crippen MR) is 403 cm³/mol. The van der Waals surface area contributed by atoms with Gasteiger partial charge >= 0.3 is 0 Å². The smallest absolute Gasteiger partial charge is 0.227 e. The summed E-state index contributed by atoms with van der Waals surface area (Å²) in [7, 11) is -3.14. The third-order valence-corrected chi connectivity index (χ3v) is 19.6. The average molecular weight is 1600 g/mol. The van der Waals surface area contributed by atoms with Gasteiger partial charge in [-0.3, -0.25) is 0 Å². The summed E-state index contributed by atoms with van der Waals surface area (Å²) in [6.07, 6.45) is 0. The fraction of sp³-hybridized carbons (Fsp3) is 0. The van der Waals surface area contributed by atoms with Gasteiger partial charge in [-0.05, 0) is 154 Å². The van der Waals surface area contributed by atoms with E-state index in [1.165, 1.54) is 0 Å². The lowest BCUT2D eigenvalue weighted by molar-refractivity contribution is 0.592. The lowest BCUT2D eigenvalue weighted by atomic mass is 10.0. The van der Waals surface area contributed by atoms with E-state index < -0.39 is 7.14 Å². The maximum atomic E-state index is 15.0. The van der Waals surface area contributed by atoms with Crippen molar-refractivity contribution in [3.8, 4) is 90.8 Å². The first-order valence-corrected chi connectivity index (χ1v) is 35.4. The van der Waals surface area contributed by atoms with Crippen LogP contribution in [-0.2, 0) is 4.57 Å². The van der Waals surface area contributed by atoms with E-state index >= 15 is 4.57 Å². The second-order valence-electron chi connectivity index (χ2n) is 20.4. The summed E-state index contributed by atoms with van der Waals surface area (Å²) in [5, 5.41) is 4.96. The van der Waals surface area contributed by atoms with Gasteiger partial charge in [0.25, 0.3) is 0 Å². The van der Waals surface area contributed by atoms with Crippen LogP contribution in [0.2, 0.25) is 46.5 Å². The molecule has 10 aromatic carbocycles. The minimum Gasteiger partial charge on any atom is -0.309 e. The van der Waals surface area contributed by atoms with Gasteiger partial charge in [-0.1, -0.05) is 248 Å². The molecule has 0 radical (unpaired) electrons. The standard InChI is InChI=1S/C39H26Cl2N3OP.C21H12BrCl2N3.C9H4BrCl2N3.C3Cl3N3/c40-32-16-8-14-30(24-32)38-42-37(43-39(44-38)31-15-9-17-33(41)25-31)29-13-7-11-27(23-29)28-12-10-22-36(26-28)46(45,34-18-3-1-4-19-34)35-20-5-2-6-21-35;22-16-7-1-4-13(10-16)19-25-20(14-5-2-8-17(23)11-14)27-21(26-19)15-6-3-9-18(24)12-15;10-6-3-1-2-5(4-6)7-13-8(11)15-9(12)14-7;4-1-7-2(5)9-3(6)8-1/h1-26H;1-12H;1-4H;. The third-order valence-electron chi connectivity index (χ3n) is 13.8. The first-order valence-electron chi connectivity index (χ1n) is 28.7. The zero-order chi connectivity index (χ0) is 68.0. The molecule has 97 heavy (non-hydrogen) atoms. The zero-order valence-electron chi connectivity index (χ0n) is 49.6. The Labute approximate surface area is 619 Å².